The smallest absolute Gasteiger partial charge is 0.214 e. The van der Waals surface area contributed by atoms with Gasteiger partial charge in [-0.2, -0.15) is 4.31 Å². The Labute approximate surface area is 112 Å². The van der Waals surface area contributed by atoms with Crippen molar-refractivity contribution in [3.63, 3.8) is 0 Å². The van der Waals surface area contributed by atoms with Gasteiger partial charge in [-0.25, -0.2) is 13.4 Å². The first-order valence-electron chi connectivity index (χ1n) is 6.26. The average molecular weight is 289 g/mol. The van der Waals surface area contributed by atoms with Gasteiger partial charge in [-0.05, 0) is 6.42 Å². The van der Waals surface area contributed by atoms with Crippen molar-refractivity contribution in [2.75, 3.05) is 36.8 Å². The first kappa shape index (κ1) is 13.8. The summed E-state index contributed by atoms with van der Waals surface area (Å²) in [7, 11) is -3.05. The predicted octanol–water partition coefficient (Wildman–Crippen LogP) is 1.39. The van der Waals surface area contributed by atoms with E-state index in [1.165, 1.54) is 0 Å². The number of aromatic nitrogens is 1. The van der Waals surface area contributed by atoms with Gasteiger partial charge in [-0.1, -0.05) is 13.3 Å². The van der Waals surface area contributed by atoms with Crippen LogP contribution in [0.5, 0.6) is 0 Å². The molecule has 0 atom stereocenters. The van der Waals surface area contributed by atoms with Gasteiger partial charge in [-0.15, -0.1) is 11.3 Å². The third-order valence-corrected chi connectivity index (χ3v) is 5.87. The van der Waals surface area contributed by atoms with E-state index in [4.69, 9.17) is 0 Å². The van der Waals surface area contributed by atoms with Gasteiger partial charge in [0, 0.05) is 37.8 Å². The molecule has 1 saturated heterocycles. The van der Waals surface area contributed by atoms with E-state index < -0.39 is 10.0 Å². The molecule has 0 aromatic carbocycles. The highest BCUT2D eigenvalue weighted by Crippen LogP contribution is 2.20. The number of sulfonamides is 1. The molecule has 18 heavy (non-hydrogen) atoms. The van der Waals surface area contributed by atoms with E-state index in [0.717, 1.165) is 31.1 Å². The molecule has 1 aromatic rings. The SMILES string of the molecule is CCCCS(=O)(=O)N1CCN(c2nccs2)CC1. The number of thiazole rings is 1. The number of hydrogen-bond donors (Lipinski definition) is 0. The molecule has 1 aromatic heterocycles. The molecule has 2 heterocycles. The second-order valence-electron chi connectivity index (χ2n) is 4.37. The Hall–Kier alpha value is -0.660. The van der Waals surface area contributed by atoms with Crippen LogP contribution in [0, 0.1) is 0 Å². The molecule has 5 nitrogen and oxygen atoms in total. The highest BCUT2D eigenvalue weighted by Gasteiger charge is 2.26. The normalized spacial score (nSPS) is 18.2. The highest BCUT2D eigenvalue weighted by atomic mass is 32.2. The maximum Gasteiger partial charge on any atom is 0.214 e. The topological polar surface area (TPSA) is 53.5 Å². The molecule has 7 heteroatoms. The van der Waals surface area contributed by atoms with Crippen molar-refractivity contribution in [2.24, 2.45) is 0 Å². The molecule has 0 bridgehead atoms. The van der Waals surface area contributed by atoms with Crippen molar-refractivity contribution >= 4 is 26.5 Å². The second kappa shape index (κ2) is 5.99. The van der Waals surface area contributed by atoms with Gasteiger partial charge in [0.25, 0.3) is 0 Å². The number of anilines is 1. The van der Waals surface area contributed by atoms with Crippen LogP contribution in [-0.2, 0) is 10.0 Å². The summed E-state index contributed by atoms with van der Waals surface area (Å²) in [6, 6.07) is 0. The van der Waals surface area contributed by atoms with E-state index in [-0.39, 0.29) is 5.75 Å². The van der Waals surface area contributed by atoms with E-state index >= 15 is 0 Å². The minimum absolute atomic E-state index is 0.279. The number of piperazine rings is 1. The maximum absolute atomic E-state index is 12.0. The van der Waals surface area contributed by atoms with Gasteiger partial charge < -0.3 is 4.90 Å². The van der Waals surface area contributed by atoms with Gasteiger partial charge in [0.2, 0.25) is 10.0 Å². The van der Waals surface area contributed by atoms with Crippen molar-refractivity contribution < 1.29 is 8.42 Å². The summed E-state index contributed by atoms with van der Waals surface area (Å²) < 4.78 is 25.7. The largest absolute Gasteiger partial charge is 0.345 e. The lowest BCUT2D eigenvalue weighted by atomic mass is 10.4. The number of rotatable bonds is 5. The predicted molar refractivity (Wildman–Crippen MR) is 74.6 cm³/mol. The minimum atomic E-state index is -3.05. The fourth-order valence-electron chi connectivity index (χ4n) is 1.99. The molecule has 0 amide bonds. The van der Waals surface area contributed by atoms with Gasteiger partial charge in [-0.3, -0.25) is 0 Å². The van der Waals surface area contributed by atoms with Gasteiger partial charge in [0.05, 0.1) is 5.75 Å². The standard InChI is InChI=1S/C11H19N3O2S2/c1-2-3-10-18(15,16)14-7-5-13(6-8-14)11-12-4-9-17-11/h4,9H,2-3,5-8,10H2,1H3. The second-order valence-corrected chi connectivity index (χ2v) is 7.33. The van der Waals surface area contributed by atoms with Gasteiger partial charge in [0.1, 0.15) is 0 Å². The summed E-state index contributed by atoms with van der Waals surface area (Å²) in [6.45, 7) is 4.63. The quantitative estimate of drug-likeness (QED) is 0.822. The van der Waals surface area contributed by atoms with Gasteiger partial charge in [0.15, 0.2) is 5.13 Å². The molecule has 102 valence electrons. The van der Waals surface area contributed by atoms with Crippen LogP contribution < -0.4 is 4.90 Å². The zero-order chi connectivity index (χ0) is 13.0. The summed E-state index contributed by atoms with van der Waals surface area (Å²) in [6.07, 6.45) is 3.44. The lowest BCUT2D eigenvalue weighted by molar-refractivity contribution is 0.384. The summed E-state index contributed by atoms with van der Waals surface area (Å²) in [5, 5.41) is 2.93. The van der Waals surface area contributed by atoms with Crippen molar-refractivity contribution in [3.8, 4) is 0 Å². The molecule has 0 spiro atoms. The maximum atomic E-state index is 12.0. The van der Waals surface area contributed by atoms with Crippen molar-refractivity contribution in [3.05, 3.63) is 11.6 Å². The van der Waals surface area contributed by atoms with Crippen LogP contribution in [0.3, 0.4) is 0 Å². The van der Waals surface area contributed by atoms with Crippen LogP contribution in [0.2, 0.25) is 0 Å². The lowest BCUT2D eigenvalue weighted by Gasteiger charge is -2.33. The van der Waals surface area contributed by atoms with Crippen molar-refractivity contribution in [2.45, 2.75) is 19.8 Å². The Morgan fingerprint density at radius 1 is 1.33 bits per heavy atom. The molecule has 0 unspecified atom stereocenters. The van der Waals surface area contributed by atoms with Gasteiger partial charge >= 0.3 is 0 Å². The third kappa shape index (κ3) is 3.21. The highest BCUT2D eigenvalue weighted by molar-refractivity contribution is 7.89. The molecule has 1 aliphatic rings. The molecule has 0 saturated carbocycles. The summed E-state index contributed by atoms with van der Waals surface area (Å²) >= 11 is 1.60. The van der Waals surface area contributed by atoms with Crippen LogP contribution in [0.1, 0.15) is 19.8 Å². The number of unbranched alkanes of at least 4 members (excludes halogenated alkanes) is 1. The minimum Gasteiger partial charge on any atom is -0.345 e. The fourth-order valence-corrected chi connectivity index (χ4v) is 4.31. The summed E-state index contributed by atoms with van der Waals surface area (Å²) in [4.78, 5) is 6.40. The first-order valence-corrected chi connectivity index (χ1v) is 8.74. The van der Waals surface area contributed by atoms with Crippen LogP contribution in [0.15, 0.2) is 11.6 Å². The zero-order valence-electron chi connectivity index (χ0n) is 10.6. The first-order chi connectivity index (χ1) is 8.63. The number of nitrogens with zero attached hydrogens (tertiary/aromatic N) is 3. The molecule has 0 radical (unpaired) electrons. The van der Waals surface area contributed by atoms with Crippen LogP contribution >= 0.6 is 11.3 Å². The van der Waals surface area contributed by atoms with Crippen LogP contribution in [0.4, 0.5) is 5.13 Å². The lowest BCUT2D eigenvalue weighted by Crippen LogP contribution is -2.49. The molecule has 0 aliphatic carbocycles. The van der Waals surface area contributed by atoms with Crippen LogP contribution in [-0.4, -0.2) is 49.6 Å². The summed E-state index contributed by atoms with van der Waals surface area (Å²) in [5.41, 5.74) is 0. The Bertz CT molecular complexity index is 451. The van der Waals surface area contributed by atoms with Crippen LogP contribution in [0.25, 0.3) is 0 Å². The molecule has 1 aliphatic heterocycles. The Morgan fingerprint density at radius 2 is 2.06 bits per heavy atom. The third-order valence-electron chi connectivity index (χ3n) is 3.08. The zero-order valence-corrected chi connectivity index (χ0v) is 12.2. The van der Waals surface area contributed by atoms with E-state index in [2.05, 4.69) is 9.88 Å². The molecule has 0 N–H and O–H groups in total. The van der Waals surface area contributed by atoms with E-state index in [1.54, 1.807) is 21.8 Å². The fraction of sp³-hybridized carbons (Fsp3) is 0.727. The molecular formula is C11H19N3O2S2. The van der Waals surface area contributed by atoms with E-state index in [9.17, 15) is 8.42 Å². The summed E-state index contributed by atoms with van der Waals surface area (Å²) in [5.74, 6) is 0.279. The number of hydrogen-bond acceptors (Lipinski definition) is 5. The molecular weight excluding hydrogens is 270 g/mol. The Kier molecular flexibility index (Phi) is 4.58. The average Bonchev–Trinajstić information content (AvgIpc) is 2.90. The Morgan fingerprint density at radius 3 is 2.61 bits per heavy atom. The van der Waals surface area contributed by atoms with E-state index in [1.807, 2.05) is 12.3 Å². The Balaban J connectivity index is 1.90. The molecule has 1 fully saturated rings. The van der Waals surface area contributed by atoms with Crippen molar-refractivity contribution in [1.82, 2.24) is 9.29 Å². The van der Waals surface area contributed by atoms with Crippen molar-refractivity contribution in [1.29, 1.82) is 0 Å². The van der Waals surface area contributed by atoms with E-state index in [0.29, 0.717) is 13.1 Å². The molecule has 2 rings (SSSR count). The monoisotopic (exact) mass is 289 g/mol.